The molecule has 1 N–H and O–H groups in total. The van der Waals surface area contributed by atoms with Crippen LogP contribution in [0.1, 0.15) is 35.4 Å². The molecule has 4 heterocycles. The van der Waals surface area contributed by atoms with Gasteiger partial charge in [0.05, 0.1) is 12.1 Å². The molecule has 7 heteroatoms. The van der Waals surface area contributed by atoms with Crippen molar-refractivity contribution in [1.29, 1.82) is 0 Å². The Morgan fingerprint density at radius 3 is 2.69 bits per heavy atom. The number of hydrogen-bond acceptors (Lipinski definition) is 6. The number of aryl methyl sites for hydroxylation is 1. The van der Waals surface area contributed by atoms with Crippen molar-refractivity contribution in [3.63, 3.8) is 0 Å². The molecule has 188 valence electrons. The Morgan fingerprint density at radius 2 is 1.81 bits per heavy atom. The molecule has 7 bridgehead atoms. The second-order valence-electron chi connectivity index (χ2n) is 10.7. The van der Waals surface area contributed by atoms with Crippen LogP contribution in [0, 0.1) is 5.92 Å². The number of carbonyl (C=O) groups excluding carboxylic acids is 1. The largest absolute Gasteiger partial charge is 0.369 e. The van der Waals surface area contributed by atoms with Gasteiger partial charge in [0.25, 0.3) is 0 Å². The maximum absolute atomic E-state index is 13.4. The topological polar surface area (TPSA) is 64.6 Å². The standard InChI is InChI=1S/C29H36N6O/c1-33-12-4-11-30-28-25-5-2-3-6-26(25)31-27(32-28)20-34-13-15-35(16-14-34)29(36)23-10-9-22-8-7-21(19-33)17-24(22)18-23/h2-3,5-8,17,23H,4,9-16,18-20H2,1H3,(H,30,31,32). The van der Waals surface area contributed by atoms with E-state index in [1.54, 1.807) is 0 Å². The molecule has 36 heavy (non-hydrogen) atoms. The van der Waals surface area contributed by atoms with Crippen LogP contribution in [0.25, 0.3) is 10.9 Å². The Bertz CT molecular complexity index is 1250. The summed E-state index contributed by atoms with van der Waals surface area (Å²) >= 11 is 0. The molecule has 1 saturated heterocycles. The van der Waals surface area contributed by atoms with Gasteiger partial charge in [0.15, 0.2) is 0 Å². The first-order valence-corrected chi connectivity index (χ1v) is 13.4. The first-order chi connectivity index (χ1) is 17.6. The summed E-state index contributed by atoms with van der Waals surface area (Å²) in [5, 5.41) is 4.67. The van der Waals surface area contributed by atoms with E-state index in [-0.39, 0.29) is 5.92 Å². The van der Waals surface area contributed by atoms with Gasteiger partial charge in [-0.25, -0.2) is 9.97 Å². The van der Waals surface area contributed by atoms with E-state index in [1.807, 2.05) is 12.1 Å². The average molecular weight is 485 g/mol. The fraction of sp³-hybridized carbons (Fsp3) is 0.483. The zero-order valence-electron chi connectivity index (χ0n) is 21.2. The maximum atomic E-state index is 13.4. The van der Waals surface area contributed by atoms with Crippen LogP contribution in [0.2, 0.25) is 0 Å². The second kappa shape index (κ2) is 10.1. The molecule has 1 amide bonds. The van der Waals surface area contributed by atoms with Gasteiger partial charge in [0.1, 0.15) is 11.6 Å². The number of anilines is 1. The molecule has 0 spiro atoms. The molecule has 1 fully saturated rings. The number of benzene rings is 2. The van der Waals surface area contributed by atoms with E-state index < -0.39 is 0 Å². The van der Waals surface area contributed by atoms with Gasteiger partial charge in [0.2, 0.25) is 5.91 Å². The van der Waals surface area contributed by atoms with E-state index in [4.69, 9.17) is 9.97 Å². The van der Waals surface area contributed by atoms with E-state index in [0.717, 1.165) is 94.0 Å². The van der Waals surface area contributed by atoms with Crippen LogP contribution in [-0.4, -0.2) is 76.9 Å². The Hall–Kier alpha value is -3.03. The summed E-state index contributed by atoms with van der Waals surface area (Å²) in [6, 6.07) is 15.2. The molecule has 3 aromatic rings. The Morgan fingerprint density at radius 1 is 0.944 bits per heavy atom. The van der Waals surface area contributed by atoms with E-state index >= 15 is 0 Å². The summed E-state index contributed by atoms with van der Waals surface area (Å²) in [5.41, 5.74) is 5.12. The number of aromatic nitrogens is 2. The number of carbonyl (C=O) groups is 1. The summed E-state index contributed by atoms with van der Waals surface area (Å²) in [6.45, 7) is 6.81. The van der Waals surface area contributed by atoms with Crippen LogP contribution < -0.4 is 5.32 Å². The second-order valence-corrected chi connectivity index (χ2v) is 10.7. The van der Waals surface area contributed by atoms with Gasteiger partial charge in [-0.2, -0.15) is 0 Å². The van der Waals surface area contributed by atoms with Crippen molar-refractivity contribution in [2.75, 3.05) is 51.6 Å². The number of hydrogen-bond donors (Lipinski definition) is 1. The number of piperazine rings is 1. The Balaban J connectivity index is 1.27. The lowest BCUT2D eigenvalue weighted by Crippen LogP contribution is -2.50. The van der Waals surface area contributed by atoms with Crippen LogP contribution in [0.3, 0.4) is 0 Å². The SMILES string of the molecule is CN1CCCNc2nc(nc3ccccc23)CN2CCN(CC2)C(=O)C2CCc3ccc(cc3C2)C1. The van der Waals surface area contributed by atoms with Gasteiger partial charge < -0.3 is 15.1 Å². The molecule has 1 unspecified atom stereocenters. The molecule has 1 aromatic heterocycles. The molecule has 0 saturated carbocycles. The molecule has 7 rings (SSSR count). The van der Waals surface area contributed by atoms with E-state index in [1.165, 1.54) is 16.7 Å². The lowest BCUT2D eigenvalue weighted by Gasteiger charge is -2.37. The van der Waals surface area contributed by atoms with Crippen molar-refractivity contribution in [2.45, 2.75) is 38.8 Å². The zero-order chi connectivity index (χ0) is 24.5. The minimum atomic E-state index is 0.111. The van der Waals surface area contributed by atoms with Gasteiger partial charge in [-0.1, -0.05) is 30.3 Å². The lowest BCUT2D eigenvalue weighted by atomic mass is 9.82. The Labute approximate surface area is 213 Å². The third-order valence-electron chi connectivity index (χ3n) is 8.01. The van der Waals surface area contributed by atoms with Gasteiger partial charge in [0, 0.05) is 50.6 Å². The molecule has 4 aliphatic rings. The van der Waals surface area contributed by atoms with Crippen molar-refractivity contribution in [3.05, 3.63) is 65.0 Å². The van der Waals surface area contributed by atoms with Gasteiger partial charge >= 0.3 is 0 Å². The number of rotatable bonds is 0. The summed E-state index contributed by atoms with van der Waals surface area (Å²) in [4.78, 5) is 30.1. The third-order valence-corrected chi connectivity index (χ3v) is 8.01. The normalized spacial score (nSPS) is 23.6. The van der Waals surface area contributed by atoms with Gasteiger partial charge in [-0.05, 0) is 68.1 Å². The summed E-state index contributed by atoms with van der Waals surface area (Å²) in [6.07, 6.45) is 3.89. The van der Waals surface area contributed by atoms with E-state index in [2.05, 4.69) is 57.4 Å². The minimum Gasteiger partial charge on any atom is -0.369 e. The lowest BCUT2D eigenvalue weighted by molar-refractivity contribution is -0.137. The summed E-state index contributed by atoms with van der Waals surface area (Å²) in [7, 11) is 2.19. The Kier molecular flexibility index (Phi) is 6.59. The molecule has 1 atom stereocenters. The van der Waals surface area contributed by atoms with Gasteiger partial charge in [-0.3, -0.25) is 9.69 Å². The van der Waals surface area contributed by atoms with Crippen molar-refractivity contribution in [3.8, 4) is 0 Å². The molecule has 2 aromatic carbocycles. The van der Waals surface area contributed by atoms with Crippen LogP contribution in [-0.2, 0) is 30.7 Å². The molecular formula is C29H36N6O. The zero-order valence-corrected chi connectivity index (χ0v) is 21.2. The first kappa shape index (κ1) is 23.4. The molecule has 7 nitrogen and oxygen atoms in total. The quantitative estimate of drug-likeness (QED) is 0.528. The molecule has 0 radical (unpaired) electrons. The van der Waals surface area contributed by atoms with Crippen molar-refractivity contribution in [2.24, 2.45) is 5.92 Å². The summed E-state index contributed by atoms with van der Waals surface area (Å²) < 4.78 is 0. The highest BCUT2D eigenvalue weighted by Gasteiger charge is 2.30. The highest BCUT2D eigenvalue weighted by Crippen LogP contribution is 2.29. The molecular weight excluding hydrogens is 448 g/mol. The monoisotopic (exact) mass is 484 g/mol. The fourth-order valence-corrected chi connectivity index (χ4v) is 5.98. The molecule has 1 aliphatic carbocycles. The van der Waals surface area contributed by atoms with Crippen molar-refractivity contribution in [1.82, 2.24) is 24.7 Å². The van der Waals surface area contributed by atoms with Crippen molar-refractivity contribution < 1.29 is 4.79 Å². The average Bonchev–Trinajstić information content (AvgIpc) is 2.90. The predicted molar refractivity (Wildman–Crippen MR) is 143 cm³/mol. The predicted octanol–water partition coefficient (Wildman–Crippen LogP) is 3.33. The first-order valence-electron chi connectivity index (χ1n) is 13.4. The number of fused-ring (bicyclic) bond motifs is 8. The summed E-state index contributed by atoms with van der Waals surface area (Å²) in [5.74, 6) is 2.22. The van der Waals surface area contributed by atoms with Crippen LogP contribution in [0.15, 0.2) is 42.5 Å². The third kappa shape index (κ3) is 4.95. The van der Waals surface area contributed by atoms with E-state index in [9.17, 15) is 4.79 Å². The minimum absolute atomic E-state index is 0.111. The smallest absolute Gasteiger partial charge is 0.226 e. The van der Waals surface area contributed by atoms with Crippen molar-refractivity contribution >= 4 is 22.6 Å². The number of amides is 1. The van der Waals surface area contributed by atoms with Crippen LogP contribution in [0.4, 0.5) is 5.82 Å². The highest BCUT2D eigenvalue weighted by atomic mass is 16.2. The highest BCUT2D eigenvalue weighted by molar-refractivity contribution is 5.89. The number of nitrogens with one attached hydrogen (secondary N) is 1. The van der Waals surface area contributed by atoms with E-state index in [0.29, 0.717) is 12.5 Å². The maximum Gasteiger partial charge on any atom is 0.226 e. The molecule has 3 aliphatic heterocycles. The fourth-order valence-electron chi connectivity index (χ4n) is 5.98. The van der Waals surface area contributed by atoms with Gasteiger partial charge in [-0.15, -0.1) is 0 Å². The number of para-hydroxylation sites is 1. The van der Waals surface area contributed by atoms with Crippen LogP contribution in [0.5, 0.6) is 0 Å². The van der Waals surface area contributed by atoms with Crippen LogP contribution >= 0.6 is 0 Å². The number of nitrogens with zero attached hydrogens (tertiary/aromatic N) is 5.